The summed E-state index contributed by atoms with van der Waals surface area (Å²) in [6.45, 7) is 0.562. The Bertz CT molecular complexity index is 1420. The number of aromatic nitrogens is 2. The molecule has 2 unspecified atom stereocenters. The zero-order valence-corrected chi connectivity index (χ0v) is 17.4. The van der Waals surface area contributed by atoms with Gasteiger partial charge in [-0.15, -0.1) is 0 Å². The molecule has 0 saturated carbocycles. The Morgan fingerprint density at radius 2 is 1.90 bits per heavy atom. The van der Waals surface area contributed by atoms with E-state index in [-0.39, 0.29) is 13.2 Å². The third-order valence-corrected chi connectivity index (χ3v) is 6.89. The Hall–Kier alpha value is -2.76. The number of rotatable bonds is 5. The third-order valence-electron chi connectivity index (χ3n) is 4.72. The number of H-pyrrole nitrogens is 1. The third kappa shape index (κ3) is 3.18. The molecule has 1 N–H and O–H groups in total. The predicted octanol–water partition coefficient (Wildman–Crippen LogP) is 3.69. The van der Waals surface area contributed by atoms with Crippen molar-refractivity contribution < 1.29 is 26.5 Å². The molecule has 0 radical (unpaired) electrons. The van der Waals surface area contributed by atoms with Crippen molar-refractivity contribution in [3.63, 3.8) is 0 Å². The molecule has 0 saturated heterocycles. The highest BCUT2D eigenvalue weighted by Gasteiger charge is 2.26. The molecule has 4 heterocycles. The molecule has 1 aromatic carbocycles. The summed E-state index contributed by atoms with van der Waals surface area (Å²) < 4.78 is 35.0. The van der Waals surface area contributed by atoms with Crippen LogP contribution in [0.1, 0.15) is 6.42 Å². The molecule has 10 heteroatoms. The van der Waals surface area contributed by atoms with Crippen LogP contribution >= 0.6 is 16.8 Å². The Kier molecular flexibility index (Phi) is 4.51. The first-order valence-corrected chi connectivity index (χ1v) is 11.6. The van der Waals surface area contributed by atoms with Gasteiger partial charge in [-0.2, -0.15) is 0 Å². The lowest BCUT2D eigenvalue weighted by atomic mass is 10.2. The molecule has 1 aliphatic carbocycles. The topological polar surface area (TPSA) is 91.9 Å². The van der Waals surface area contributed by atoms with E-state index in [2.05, 4.69) is 16.0 Å². The first-order chi connectivity index (χ1) is 14.8. The van der Waals surface area contributed by atoms with E-state index in [9.17, 15) is 0 Å². The van der Waals surface area contributed by atoms with E-state index >= 15 is 0 Å². The van der Waals surface area contributed by atoms with Gasteiger partial charge in [-0.1, -0.05) is 12.1 Å². The van der Waals surface area contributed by atoms with Crippen molar-refractivity contribution in [3.05, 3.63) is 64.1 Å². The molecule has 6 rings (SSSR count). The Morgan fingerprint density at radius 3 is 2.87 bits per heavy atom. The second-order valence-corrected chi connectivity index (χ2v) is 8.72. The molecule has 0 bridgehead atoms. The van der Waals surface area contributed by atoms with Crippen LogP contribution in [0.2, 0.25) is 0 Å². The number of benzene rings is 1. The van der Waals surface area contributed by atoms with Gasteiger partial charge in [0.05, 0.1) is 29.3 Å². The summed E-state index contributed by atoms with van der Waals surface area (Å²) in [5, 5.41) is 2.80. The average Bonchev–Trinajstić information content (AvgIpc) is 2.78. The van der Waals surface area contributed by atoms with Crippen LogP contribution < -0.4 is 24.3 Å². The van der Waals surface area contributed by atoms with E-state index in [4.69, 9.17) is 26.5 Å². The fourth-order valence-corrected chi connectivity index (χ4v) is 5.44. The zero-order chi connectivity index (χ0) is 19.9. The monoisotopic (exact) mass is 442 g/mol. The Morgan fingerprint density at radius 1 is 1.00 bits per heavy atom. The maximum absolute atomic E-state index is 5.89. The SMILES string of the molecule is C1=c2[nH]ccc3op(OCCOP4Oc5cccc6nccc(c56)O4)oc(c2=3)=CC1. The van der Waals surface area contributed by atoms with Crippen LogP contribution in [0.4, 0.5) is 0 Å². The van der Waals surface area contributed by atoms with E-state index in [1.807, 2.05) is 42.6 Å². The smallest absolute Gasteiger partial charge is 0.417 e. The lowest BCUT2D eigenvalue weighted by Gasteiger charge is -2.23. The molecule has 30 heavy (non-hydrogen) atoms. The van der Waals surface area contributed by atoms with Crippen LogP contribution in [0.3, 0.4) is 0 Å². The van der Waals surface area contributed by atoms with Crippen LogP contribution in [0, 0.1) is 10.6 Å². The largest absolute Gasteiger partial charge is 0.463 e. The number of nitrogens with zero attached hydrogens (tertiary/aromatic N) is 1. The van der Waals surface area contributed by atoms with Gasteiger partial charge in [-0.3, -0.25) is 14.0 Å². The molecule has 4 aliphatic rings. The summed E-state index contributed by atoms with van der Waals surface area (Å²) >= 11 is 0. The lowest BCUT2D eigenvalue weighted by Crippen LogP contribution is -2.22. The molecule has 2 aromatic rings. The number of pyridine rings is 1. The first-order valence-electron chi connectivity index (χ1n) is 9.39. The van der Waals surface area contributed by atoms with Crippen molar-refractivity contribution in [2.24, 2.45) is 0 Å². The van der Waals surface area contributed by atoms with Gasteiger partial charge in [0.25, 0.3) is 0 Å². The van der Waals surface area contributed by atoms with Crippen LogP contribution in [0.25, 0.3) is 23.1 Å². The quantitative estimate of drug-likeness (QED) is 0.372. The second kappa shape index (κ2) is 7.49. The minimum absolute atomic E-state index is 0.279. The minimum atomic E-state index is -1.56. The summed E-state index contributed by atoms with van der Waals surface area (Å²) in [5.74, 6) is 1.42. The first kappa shape index (κ1) is 18.0. The summed E-state index contributed by atoms with van der Waals surface area (Å²) in [7, 11) is -3.10. The van der Waals surface area contributed by atoms with Gasteiger partial charge in [0.15, 0.2) is 5.42 Å². The van der Waals surface area contributed by atoms with E-state index in [0.29, 0.717) is 11.5 Å². The normalized spacial score (nSPS) is 17.1. The van der Waals surface area contributed by atoms with Gasteiger partial charge in [-0.05, 0) is 36.8 Å². The van der Waals surface area contributed by atoms with Gasteiger partial charge in [0.1, 0.15) is 16.9 Å². The molecule has 0 amide bonds. The zero-order valence-electron chi connectivity index (χ0n) is 15.6. The molecule has 3 aliphatic heterocycles. The number of hydrogen-bond acceptors (Lipinski definition) is 7. The highest BCUT2D eigenvalue weighted by molar-refractivity contribution is 7.42. The summed E-state index contributed by atoms with van der Waals surface area (Å²) in [4.78, 5) is 7.53. The van der Waals surface area contributed by atoms with Crippen molar-refractivity contribution >= 4 is 39.9 Å². The van der Waals surface area contributed by atoms with Crippen molar-refractivity contribution in [2.75, 3.05) is 13.2 Å². The molecule has 0 spiro atoms. The molecule has 1 aromatic heterocycles. The van der Waals surface area contributed by atoms with Crippen LogP contribution in [-0.4, -0.2) is 23.2 Å². The van der Waals surface area contributed by atoms with Crippen molar-refractivity contribution in [2.45, 2.75) is 6.42 Å². The molecular formula is C20H16N2O6P2. The summed E-state index contributed by atoms with van der Waals surface area (Å²) in [5.41, 5.74) is 2.37. The van der Waals surface area contributed by atoms with Crippen LogP contribution in [0.5, 0.6) is 11.5 Å². The summed E-state index contributed by atoms with van der Waals surface area (Å²) in [6, 6.07) is 9.40. The van der Waals surface area contributed by atoms with E-state index in [1.54, 1.807) is 6.20 Å². The van der Waals surface area contributed by atoms with Crippen LogP contribution in [-0.2, 0) is 4.52 Å². The lowest BCUT2D eigenvalue weighted by molar-refractivity contribution is 0.216. The highest BCUT2D eigenvalue weighted by atomic mass is 31.2. The van der Waals surface area contributed by atoms with Gasteiger partial charge < -0.3 is 22.4 Å². The van der Waals surface area contributed by atoms with Crippen molar-refractivity contribution in [1.82, 2.24) is 9.97 Å². The van der Waals surface area contributed by atoms with Crippen molar-refractivity contribution in [1.29, 1.82) is 0 Å². The standard InChI is InChI=1S/C20H16N2O6P2/c1-3-13-19-15(5-1)25-29(27-17(19)7-9-21-13)23-11-12-24-30-26-16-6-2-4-14-20(16)18(28-30)8-10-22-14/h1,3-10,22H,2,11-12H2. The predicted molar refractivity (Wildman–Crippen MR) is 111 cm³/mol. The highest BCUT2D eigenvalue weighted by Crippen LogP contribution is 2.51. The average molecular weight is 442 g/mol. The van der Waals surface area contributed by atoms with Crippen LogP contribution in [0.15, 0.2) is 51.1 Å². The second-order valence-electron chi connectivity index (χ2n) is 6.58. The van der Waals surface area contributed by atoms with Gasteiger partial charge in [-0.25, -0.2) is 0 Å². The fraction of sp³-hybridized carbons (Fsp3) is 0.150. The van der Waals surface area contributed by atoms with E-state index in [0.717, 1.165) is 38.7 Å². The molecule has 8 nitrogen and oxygen atoms in total. The molecular weight excluding hydrogens is 426 g/mol. The van der Waals surface area contributed by atoms with E-state index < -0.39 is 16.8 Å². The number of hydrogen-bond donors (Lipinski definition) is 1. The minimum Gasteiger partial charge on any atom is -0.417 e. The fourth-order valence-electron chi connectivity index (χ4n) is 3.44. The van der Waals surface area contributed by atoms with Gasteiger partial charge >= 0.3 is 16.8 Å². The maximum Gasteiger partial charge on any atom is 0.463 e. The molecule has 0 fully saturated rings. The van der Waals surface area contributed by atoms with Gasteiger partial charge in [0, 0.05) is 17.7 Å². The Labute approximate surface area is 172 Å². The molecule has 152 valence electrons. The maximum atomic E-state index is 5.89. The summed E-state index contributed by atoms with van der Waals surface area (Å²) in [6.07, 6.45) is 8.49. The van der Waals surface area contributed by atoms with Crippen molar-refractivity contribution in [3.8, 4) is 11.5 Å². The number of nitrogens with one attached hydrogen (secondary N) is 1. The number of aromatic amines is 1. The van der Waals surface area contributed by atoms with E-state index in [1.165, 1.54) is 0 Å². The Balaban J connectivity index is 1.14. The van der Waals surface area contributed by atoms with Gasteiger partial charge in [0.2, 0.25) is 0 Å². The molecule has 2 atom stereocenters.